The van der Waals surface area contributed by atoms with E-state index in [0.29, 0.717) is 12.0 Å². The number of rotatable bonds is 4. The molecule has 2 aromatic rings. The first-order valence-electron chi connectivity index (χ1n) is 5.76. The van der Waals surface area contributed by atoms with Crippen LogP contribution in [0, 0.1) is 11.6 Å². The average Bonchev–Trinajstić information content (AvgIpc) is 2.82. The molecule has 0 aliphatic carbocycles. The average molecular weight is 287 g/mol. The van der Waals surface area contributed by atoms with Crippen molar-refractivity contribution in [2.75, 3.05) is 0 Å². The molecule has 1 aromatic heterocycles. The second kappa shape index (κ2) is 5.81. The predicted octanol–water partition coefficient (Wildman–Crippen LogP) is 5.11. The molecule has 2 rings (SSSR count). The van der Waals surface area contributed by atoms with E-state index in [2.05, 4.69) is 13.0 Å². The smallest absolute Gasteiger partial charge is 0.159 e. The summed E-state index contributed by atoms with van der Waals surface area (Å²) in [5.74, 6) is -1.65. The van der Waals surface area contributed by atoms with Gasteiger partial charge in [0.15, 0.2) is 11.6 Å². The fraction of sp³-hybridized carbons (Fsp3) is 0.286. The van der Waals surface area contributed by atoms with Crippen LogP contribution >= 0.6 is 22.9 Å². The third-order valence-corrected chi connectivity index (χ3v) is 4.60. The van der Waals surface area contributed by atoms with Crippen LogP contribution in [0.1, 0.15) is 27.6 Å². The van der Waals surface area contributed by atoms with Crippen molar-refractivity contribution < 1.29 is 8.78 Å². The Kier molecular flexibility index (Phi) is 4.36. The lowest BCUT2D eigenvalue weighted by Crippen LogP contribution is -1.95. The number of hydrogen-bond donors (Lipinski definition) is 0. The summed E-state index contributed by atoms with van der Waals surface area (Å²) in [6.07, 6.45) is 1.49. The molecule has 0 saturated carbocycles. The largest absolute Gasteiger partial charge is 0.204 e. The van der Waals surface area contributed by atoms with Gasteiger partial charge in [-0.25, -0.2) is 8.78 Å². The molecule has 4 heteroatoms. The van der Waals surface area contributed by atoms with Crippen LogP contribution in [0.15, 0.2) is 30.3 Å². The third kappa shape index (κ3) is 3.09. The Balaban J connectivity index is 2.10. The van der Waals surface area contributed by atoms with Crippen LogP contribution in [-0.2, 0) is 12.8 Å². The van der Waals surface area contributed by atoms with Crippen molar-refractivity contribution >= 4 is 22.9 Å². The van der Waals surface area contributed by atoms with Crippen molar-refractivity contribution in [1.29, 1.82) is 0 Å². The highest BCUT2D eigenvalue weighted by atomic mass is 35.5. The zero-order valence-electron chi connectivity index (χ0n) is 9.92. The van der Waals surface area contributed by atoms with Crippen molar-refractivity contribution in [2.24, 2.45) is 0 Å². The first-order chi connectivity index (χ1) is 8.60. The first-order valence-corrected chi connectivity index (χ1v) is 7.02. The van der Waals surface area contributed by atoms with E-state index in [0.717, 1.165) is 17.4 Å². The summed E-state index contributed by atoms with van der Waals surface area (Å²) in [6.45, 7) is 2.09. The number of thiophene rings is 1. The third-order valence-electron chi connectivity index (χ3n) is 2.74. The van der Waals surface area contributed by atoms with Crippen molar-refractivity contribution in [3.8, 4) is 0 Å². The standard InChI is InChI=1S/C14H13ClF2S/c1-2-10-4-6-14(18-10)11(15)7-9-3-5-12(16)13(17)8-9/h3-6,8,11H,2,7H2,1H3. The van der Waals surface area contributed by atoms with E-state index >= 15 is 0 Å². The molecule has 0 N–H and O–H groups in total. The van der Waals surface area contributed by atoms with Gasteiger partial charge < -0.3 is 0 Å². The van der Waals surface area contributed by atoms with Crippen LogP contribution in [0.5, 0.6) is 0 Å². The predicted molar refractivity (Wildman–Crippen MR) is 72.4 cm³/mol. The highest BCUT2D eigenvalue weighted by molar-refractivity contribution is 7.12. The summed E-state index contributed by atoms with van der Waals surface area (Å²) in [5, 5.41) is -0.194. The summed E-state index contributed by atoms with van der Waals surface area (Å²) < 4.78 is 25.9. The van der Waals surface area contributed by atoms with Crippen molar-refractivity contribution in [1.82, 2.24) is 0 Å². The molecule has 0 spiro atoms. The van der Waals surface area contributed by atoms with E-state index < -0.39 is 11.6 Å². The highest BCUT2D eigenvalue weighted by Crippen LogP contribution is 2.31. The lowest BCUT2D eigenvalue weighted by Gasteiger charge is -2.07. The summed E-state index contributed by atoms with van der Waals surface area (Å²) in [4.78, 5) is 2.35. The molecular formula is C14H13ClF2S. The zero-order valence-corrected chi connectivity index (χ0v) is 11.5. The minimum atomic E-state index is -0.825. The molecule has 1 atom stereocenters. The van der Waals surface area contributed by atoms with E-state index in [1.165, 1.54) is 10.9 Å². The molecular weight excluding hydrogens is 274 g/mol. The highest BCUT2D eigenvalue weighted by Gasteiger charge is 2.12. The molecule has 0 aliphatic heterocycles. The van der Waals surface area contributed by atoms with Crippen LogP contribution in [0.4, 0.5) is 8.78 Å². The molecule has 96 valence electrons. The molecule has 0 amide bonds. The SMILES string of the molecule is CCc1ccc(C(Cl)Cc2ccc(F)c(F)c2)s1. The Labute approximate surface area is 114 Å². The molecule has 0 radical (unpaired) electrons. The number of hydrogen-bond acceptors (Lipinski definition) is 1. The Morgan fingerprint density at radius 3 is 2.56 bits per heavy atom. The summed E-state index contributed by atoms with van der Waals surface area (Å²) in [5.41, 5.74) is 0.709. The molecule has 1 unspecified atom stereocenters. The fourth-order valence-electron chi connectivity index (χ4n) is 1.73. The topological polar surface area (TPSA) is 0 Å². The summed E-state index contributed by atoms with van der Waals surface area (Å²) >= 11 is 7.97. The monoisotopic (exact) mass is 286 g/mol. The van der Waals surface area contributed by atoms with Crippen molar-refractivity contribution in [3.63, 3.8) is 0 Å². The van der Waals surface area contributed by atoms with Gasteiger partial charge in [0, 0.05) is 9.75 Å². The molecule has 1 aromatic carbocycles. The minimum absolute atomic E-state index is 0.194. The van der Waals surface area contributed by atoms with E-state index in [1.54, 1.807) is 17.4 Å². The lowest BCUT2D eigenvalue weighted by molar-refractivity contribution is 0.507. The Bertz CT molecular complexity index is 536. The summed E-state index contributed by atoms with van der Waals surface area (Å²) in [7, 11) is 0. The van der Waals surface area contributed by atoms with Gasteiger partial charge >= 0.3 is 0 Å². The van der Waals surface area contributed by atoms with Crippen molar-refractivity contribution in [2.45, 2.75) is 25.1 Å². The molecule has 18 heavy (non-hydrogen) atoms. The van der Waals surface area contributed by atoms with Gasteiger partial charge in [0.25, 0.3) is 0 Å². The van der Waals surface area contributed by atoms with Crippen LogP contribution in [0.3, 0.4) is 0 Å². The van der Waals surface area contributed by atoms with Gasteiger partial charge in [-0.1, -0.05) is 13.0 Å². The normalized spacial score (nSPS) is 12.7. The Hall–Kier alpha value is -0.930. The molecule has 0 aliphatic rings. The second-order valence-corrected chi connectivity index (χ2v) is 5.80. The van der Waals surface area contributed by atoms with E-state index in [1.807, 2.05) is 6.07 Å². The minimum Gasteiger partial charge on any atom is -0.204 e. The lowest BCUT2D eigenvalue weighted by atomic mass is 10.1. The van der Waals surface area contributed by atoms with Gasteiger partial charge in [-0.15, -0.1) is 22.9 Å². The number of halogens is 3. The fourth-order valence-corrected chi connectivity index (χ4v) is 3.04. The zero-order chi connectivity index (χ0) is 13.1. The maximum absolute atomic E-state index is 13.1. The number of aryl methyl sites for hydroxylation is 1. The van der Waals surface area contributed by atoms with Crippen LogP contribution in [0.25, 0.3) is 0 Å². The van der Waals surface area contributed by atoms with Gasteiger partial charge in [-0.05, 0) is 42.7 Å². The molecule has 0 fully saturated rings. The number of alkyl halides is 1. The van der Waals surface area contributed by atoms with E-state index in [-0.39, 0.29) is 5.38 Å². The van der Waals surface area contributed by atoms with E-state index in [9.17, 15) is 8.78 Å². The quantitative estimate of drug-likeness (QED) is 0.685. The Morgan fingerprint density at radius 1 is 1.17 bits per heavy atom. The molecule has 0 saturated heterocycles. The Morgan fingerprint density at radius 2 is 1.94 bits per heavy atom. The van der Waals surface area contributed by atoms with Gasteiger partial charge in [0.1, 0.15) is 0 Å². The second-order valence-electron chi connectivity index (χ2n) is 4.08. The van der Waals surface area contributed by atoms with Gasteiger partial charge in [-0.2, -0.15) is 0 Å². The van der Waals surface area contributed by atoms with Gasteiger partial charge in [0.05, 0.1) is 5.38 Å². The molecule has 0 nitrogen and oxygen atoms in total. The van der Waals surface area contributed by atoms with Crippen molar-refractivity contribution in [3.05, 3.63) is 57.3 Å². The van der Waals surface area contributed by atoms with Crippen LogP contribution in [-0.4, -0.2) is 0 Å². The maximum Gasteiger partial charge on any atom is 0.159 e. The number of benzene rings is 1. The first kappa shape index (κ1) is 13.5. The van der Waals surface area contributed by atoms with E-state index in [4.69, 9.17) is 11.6 Å². The molecule has 0 bridgehead atoms. The van der Waals surface area contributed by atoms with Gasteiger partial charge in [-0.3, -0.25) is 0 Å². The molecule has 1 heterocycles. The van der Waals surface area contributed by atoms with Crippen LogP contribution < -0.4 is 0 Å². The maximum atomic E-state index is 13.1. The summed E-state index contributed by atoms with van der Waals surface area (Å²) in [6, 6.07) is 7.98. The van der Waals surface area contributed by atoms with Gasteiger partial charge in [0.2, 0.25) is 0 Å². The van der Waals surface area contributed by atoms with Crippen LogP contribution in [0.2, 0.25) is 0 Å².